The van der Waals surface area contributed by atoms with E-state index in [1.165, 1.54) is 6.92 Å². The number of hydrogen-bond acceptors (Lipinski definition) is 4. The van der Waals surface area contributed by atoms with Crippen LogP contribution in [0.25, 0.3) is 0 Å². The average molecular weight is 397 g/mol. The van der Waals surface area contributed by atoms with Gasteiger partial charge in [0, 0.05) is 31.3 Å². The van der Waals surface area contributed by atoms with E-state index in [1.807, 2.05) is 32.9 Å². The lowest BCUT2D eigenvalue weighted by molar-refractivity contribution is -0.123. The predicted octanol–water partition coefficient (Wildman–Crippen LogP) is 2.50. The van der Waals surface area contributed by atoms with Crippen LogP contribution in [0.1, 0.15) is 34.0 Å². The third-order valence-corrected chi connectivity index (χ3v) is 4.40. The van der Waals surface area contributed by atoms with E-state index >= 15 is 0 Å². The third kappa shape index (κ3) is 6.64. The summed E-state index contributed by atoms with van der Waals surface area (Å²) in [5.74, 6) is -0.0167. The molecular formula is C22H27N3O4. The number of benzene rings is 2. The first kappa shape index (κ1) is 21.9. The number of rotatable bonds is 8. The number of nitrogens with one attached hydrogen (secondary N) is 3. The molecule has 0 aliphatic rings. The van der Waals surface area contributed by atoms with E-state index in [-0.39, 0.29) is 37.4 Å². The lowest BCUT2D eigenvalue weighted by Gasteiger charge is -2.14. The van der Waals surface area contributed by atoms with E-state index in [4.69, 9.17) is 4.74 Å². The van der Waals surface area contributed by atoms with Gasteiger partial charge in [-0.05, 0) is 55.7 Å². The molecule has 2 aromatic carbocycles. The van der Waals surface area contributed by atoms with Crippen molar-refractivity contribution in [2.45, 2.75) is 27.7 Å². The molecule has 0 radical (unpaired) electrons. The quantitative estimate of drug-likeness (QED) is 0.596. The summed E-state index contributed by atoms with van der Waals surface area (Å²) >= 11 is 0. The molecule has 0 unspecified atom stereocenters. The number of ether oxygens (including phenoxy) is 1. The smallest absolute Gasteiger partial charge is 0.258 e. The van der Waals surface area contributed by atoms with Gasteiger partial charge in [0.15, 0.2) is 6.61 Å². The van der Waals surface area contributed by atoms with Crippen molar-refractivity contribution < 1.29 is 19.1 Å². The van der Waals surface area contributed by atoms with Crippen LogP contribution in [0.15, 0.2) is 36.4 Å². The highest BCUT2D eigenvalue weighted by atomic mass is 16.5. The molecule has 7 nitrogen and oxygen atoms in total. The lowest BCUT2D eigenvalue weighted by Crippen LogP contribution is -2.36. The van der Waals surface area contributed by atoms with Crippen molar-refractivity contribution in [3.63, 3.8) is 0 Å². The van der Waals surface area contributed by atoms with Gasteiger partial charge in [0.1, 0.15) is 5.75 Å². The van der Waals surface area contributed by atoms with Crippen molar-refractivity contribution >= 4 is 23.4 Å². The standard InChI is InChI=1S/C22H27N3O4/c1-14-8-9-15(2)21(16(14)3)29-13-20(27)23-10-11-24-22(28)18-6-5-7-19(12-18)25-17(4)26/h5-9,12H,10-11,13H2,1-4H3,(H,23,27)(H,24,28)(H,25,26). The summed E-state index contributed by atoms with van der Waals surface area (Å²) in [7, 11) is 0. The summed E-state index contributed by atoms with van der Waals surface area (Å²) in [6.45, 7) is 7.78. The van der Waals surface area contributed by atoms with Gasteiger partial charge in [0.2, 0.25) is 5.91 Å². The Balaban J connectivity index is 1.75. The highest BCUT2D eigenvalue weighted by Gasteiger charge is 2.10. The molecule has 0 spiro atoms. The second-order valence-electron chi connectivity index (χ2n) is 6.81. The summed E-state index contributed by atoms with van der Waals surface area (Å²) in [5.41, 5.74) is 4.09. The van der Waals surface area contributed by atoms with Crippen molar-refractivity contribution in [2.75, 3.05) is 25.0 Å². The Hall–Kier alpha value is -3.35. The molecule has 0 aliphatic heterocycles. The van der Waals surface area contributed by atoms with Crippen molar-refractivity contribution in [3.05, 3.63) is 58.7 Å². The third-order valence-electron chi connectivity index (χ3n) is 4.40. The number of aryl methyl sites for hydroxylation is 2. The molecule has 0 aliphatic carbocycles. The molecule has 0 atom stereocenters. The van der Waals surface area contributed by atoms with E-state index in [1.54, 1.807) is 24.3 Å². The zero-order chi connectivity index (χ0) is 21.4. The Bertz CT molecular complexity index is 909. The van der Waals surface area contributed by atoms with E-state index < -0.39 is 0 Å². The zero-order valence-electron chi connectivity index (χ0n) is 17.2. The summed E-state index contributed by atoms with van der Waals surface area (Å²) in [5, 5.41) is 8.07. The van der Waals surface area contributed by atoms with Gasteiger partial charge >= 0.3 is 0 Å². The molecular weight excluding hydrogens is 370 g/mol. The molecule has 154 valence electrons. The monoisotopic (exact) mass is 397 g/mol. The summed E-state index contributed by atoms with van der Waals surface area (Å²) in [4.78, 5) is 35.3. The minimum atomic E-state index is -0.284. The van der Waals surface area contributed by atoms with Crippen molar-refractivity contribution in [2.24, 2.45) is 0 Å². The number of hydrogen-bond donors (Lipinski definition) is 3. The minimum Gasteiger partial charge on any atom is -0.483 e. The van der Waals surface area contributed by atoms with Gasteiger partial charge in [-0.25, -0.2) is 0 Å². The minimum absolute atomic E-state index is 0.0855. The summed E-state index contributed by atoms with van der Waals surface area (Å²) in [6.07, 6.45) is 0. The maximum atomic E-state index is 12.2. The first-order chi connectivity index (χ1) is 13.8. The van der Waals surface area contributed by atoms with Crippen LogP contribution in [0, 0.1) is 20.8 Å². The van der Waals surface area contributed by atoms with Crippen LogP contribution >= 0.6 is 0 Å². The van der Waals surface area contributed by atoms with Crippen LogP contribution in [-0.2, 0) is 9.59 Å². The van der Waals surface area contributed by atoms with Crippen molar-refractivity contribution in [1.29, 1.82) is 0 Å². The highest BCUT2D eigenvalue weighted by Crippen LogP contribution is 2.25. The highest BCUT2D eigenvalue weighted by molar-refractivity contribution is 5.96. The molecule has 2 rings (SSSR count). The summed E-state index contributed by atoms with van der Waals surface area (Å²) in [6, 6.07) is 10.6. The average Bonchev–Trinajstić information content (AvgIpc) is 2.67. The summed E-state index contributed by atoms with van der Waals surface area (Å²) < 4.78 is 5.67. The second kappa shape index (κ2) is 10.3. The molecule has 3 amide bonds. The topological polar surface area (TPSA) is 96.5 Å². The van der Waals surface area contributed by atoms with Gasteiger partial charge in [-0.1, -0.05) is 18.2 Å². The second-order valence-corrected chi connectivity index (χ2v) is 6.81. The van der Waals surface area contributed by atoms with Crippen molar-refractivity contribution in [1.82, 2.24) is 10.6 Å². The fraction of sp³-hybridized carbons (Fsp3) is 0.318. The van der Waals surface area contributed by atoms with Crippen LogP contribution in [0.3, 0.4) is 0 Å². The number of carbonyl (C=O) groups excluding carboxylic acids is 3. The Morgan fingerprint density at radius 2 is 1.62 bits per heavy atom. The van der Waals surface area contributed by atoms with Crippen molar-refractivity contribution in [3.8, 4) is 5.75 Å². The van der Waals surface area contributed by atoms with Crippen LogP contribution in [-0.4, -0.2) is 37.4 Å². The first-order valence-electron chi connectivity index (χ1n) is 9.40. The number of anilines is 1. The maximum absolute atomic E-state index is 12.2. The van der Waals surface area contributed by atoms with E-state index in [0.29, 0.717) is 11.3 Å². The van der Waals surface area contributed by atoms with Crippen LogP contribution < -0.4 is 20.7 Å². The fourth-order valence-electron chi connectivity index (χ4n) is 2.76. The maximum Gasteiger partial charge on any atom is 0.258 e. The number of carbonyl (C=O) groups is 3. The molecule has 3 N–H and O–H groups in total. The predicted molar refractivity (Wildman–Crippen MR) is 112 cm³/mol. The van der Waals surface area contributed by atoms with Gasteiger partial charge < -0.3 is 20.7 Å². The van der Waals surface area contributed by atoms with Gasteiger partial charge in [-0.15, -0.1) is 0 Å². The molecule has 29 heavy (non-hydrogen) atoms. The van der Waals surface area contributed by atoms with Gasteiger partial charge in [0.25, 0.3) is 11.8 Å². The molecule has 2 aromatic rings. The molecule has 0 saturated heterocycles. The lowest BCUT2D eigenvalue weighted by atomic mass is 10.1. The zero-order valence-corrected chi connectivity index (χ0v) is 17.2. The first-order valence-corrected chi connectivity index (χ1v) is 9.40. The fourth-order valence-corrected chi connectivity index (χ4v) is 2.76. The van der Waals surface area contributed by atoms with Gasteiger partial charge in [-0.2, -0.15) is 0 Å². The van der Waals surface area contributed by atoms with Crippen LogP contribution in [0.2, 0.25) is 0 Å². The van der Waals surface area contributed by atoms with E-state index in [2.05, 4.69) is 16.0 Å². The van der Waals surface area contributed by atoms with Gasteiger partial charge in [-0.3, -0.25) is 14.4 Å². The molecule has 0 bridgehead atoms. The Morgan fingerprint density at radius 3 is 2.34 bits per heavy atom. The van der Waals surface area contributed by atoms with Crippen LogP contribution in [0.5, 0.6) is 5.75 Å². The van der Waals surface area contributed by atoms with Crippen LogP contribution in [0.4, 0.5) is 5.69 Å². The molecule has 0 aromatic heterocycles. The molecule has 0 heterocycles. The largest absolute Gasteiger partial charge is 0.483 e. The molecule has 7 heteroatoms. The van der Waals surface area contributed by atoms with E-state index in [0.717, 1.165) is 22.4 Å². The SMILES string of the molecule is CC(=O)Nc1cccc(C(=O)NCCNC(=O)COc2c(C)ccc(C)c2C)c1. The molecule has 0 saturated carbocycles. The van der Waals surface area contributed by atoms with E-state index in [9.17, 15) is 14.4 Å². The van der Waals surface area contributed by atoms with Gasteiger partial charge in [0.05, 0.1) is 0 Å². The Kier molecular flexibility index (Phi) is 7.77. The Labute approximate surface area is 170 Å². The number of amides is 3. The normalized spacial score (nSPS) is 10.2. The molecule has 0 fully saturated rings. The Morgan fingerprint density at radius 1 is 0.931 bits per heavy atom.